The normalized spacial score (nSPS) is 12.1. The first-order chi connectivity index (χ1) is 17.2. The van der Waals surface area contributed by atoms with Crippen molar-refractivity contribution in [1.82, 2.24) is 10.3 Å². The molecule has 0 aliphatic carbocycles. The van der Waals surface area contributed by atoms with Gasteiger partial charge in [-0.1, -0.05) is 24.3 Å². The Morgan fingerprint density at radius 2 is 1.78 bits per heavy atom. The number of furan rings is 1. The largest absolute Gasteiger partial charge is 0.497 e. The molecular weight excluding hydrogens is 458 g/mol. The van der Waals surface area contributed by atoms with Crippen LogP contribution >= 0.6 is 0 Å². The quantitative estimate of drug-likeness (QED) is 0.353. The summed E-state index contributed by atoms with van der Waals surface area (Å²) in [6, 6.07) is 17.7. The van der Waals surface area contributed by atoms with Crippen molar-refractivity contribution < 1.29 is 23.5 Å². The van der Waals surface area contributed by atoms with Gasteiger partial charge in [-0.25, -0.2) is 4.79 Å². The zero-order valence-corrected chi connectivity index (χ0v) is 20.7. The molecule has 2 amide bonds. The van der Waals surface area contributed by atoms with Crippen molar-refractivity contribution in [3.8, 4) is 17.1 Å². The molecule has 0 radical (unpaired) electrons. The highest BCUT2D eigenvalue weighted by atomic mass is 16.6. The van der Waals surface area contributed by atoms with Crippen LogP contribution in [0, 0.1) is 0 Å². The number of methoxy groups -OCH3 is 1. The summed E-state index contributed by atoms with van der Waals surface area (Å²) in [5, 5.41) is 7.50. The lowest BCUT2D eigenvalue weighted by Gasteiger charge is -2.23. The Balaban J connectivity index is 1.50. The highest BCUT2D eigenvalue weighted by Gasteiger charge is 2.25. The number of carbonyl (C=O) groups is 2. The monoisotopic (exact) mass is 487 g/mol. The van der Waals surface area contributed by atoms with Gasteiger partial charge in [0.1, 0.15) is 23.2 Å². The van der Waals surface area contributed by atoms with E-state index in [1.807, 2.05) is 36.4 Å². The molecule has 4 aromatic rings. The van der Waals surface area contributed by atoms with Gasteiger partial charge >= 0.3 is 6.09 Å². The fourth-order valence-corrected chi connectivity index (χ4v) is 3.66. The minimum atomic E-state index is -0.894. The van der Waals surface area contributed by atoms with Gasteiger partial charge in [0, 0.05) is 35.8 Å². The zero-order valence-electron chi connectivity index (χ0n) is 20.7. The highest BCUT2D eigenvalue weighted by molar-refractivity contribution is 5.96. The summed E-state index contributed by atoms with van der Waals surface area (Å²) in [6.45, 7) is 5.29. The SMILES string of the molecule is COc1ccc(C[C@H](NC(=O)OC(C)(C)C)C(=O)Nc2ccc(-c3ccc4cnccc4c3)o2)cc1. The molecule has 2 aromatic heterocycles. The Morgan fingerprint density at radius 3 is 2.50 bits per heavy atom. The second-order valence-electron chi connectivity index (χ2n) is 9.34. The van der Waals surface area contributed by atoms with Crippen molar-refractivity contribution in [2.75, 3.05) is 12.4 Å². The van der Waals surface area contributed by atoms with Crippen molar-refractivity contribution in [2.24, 2.45) is 0 Å². The van der Waals surface area contributed by atoms with Gasteiger partial charge in [0.05, 0.1) is 7.11 Å². The number of alkyl carbamates (subject to hydrolysis) is 1. The van der Waals surface area contributed by atoms with Gasteiger partial charge < -0.3 is 19.2 Å². The van der Waals surface area contributed by atoms with E-state index in [0.29, 0.717) is 11.5 Å². The van der Waals surface area contributed by atoms with E-state index >= 15 is 0 Å². The summed E-state index contributed by atoms with van der Waals surface area (Å²) >= 11 is 0. The Labute approximate surface area is 209 Å². The second-order valence-corrected chi connectivity index (χ2v) is 9.34. The van der Waals surface area contributed by atoms with Crippen LogP contribution in [0.4, 0.5) is 10.7 Å². The van der Waals surface area contributed by atoms with Crippen LogP contribution in [-0.2, 0) is 16.0 Å². The maximum absolute atomic E-state index is 13.2. The maximum Gasteiger partial charge on any atom is 0.408 e. The lowest BCUT2D eigenvalue weighted by atomic mass is 10.1. The predicted molar refractivity (Wildman–Crippen MR) is 138 cm³/mol. The van der Waals surface area contributed by atoms with E-state index in [0.717, 1.165) is 21.9 Å². The van der Waals surface area contributed by atoms with E-state index < -0.39 is 23.6 Å². The minimum Gasteiger partial charge on any atom is -0.497 e. The third kappa shape index (κ3) is 6.41. The number of aromatic nitrogens is 1. The molecule has 0 saturated heterocycles. The van der Waals surface area contributed by atoms with Crippen LogP contribution in [0.25, 0.3) is 22.1 Å². The molecule has 0 spiro atoms. The zero-order chi connectivity index (χ0) is 25.7. The smallest absolute Gasteiger partial charge is 0.408 e. The highest BCUT2D eigenvalue weighted by Crippen LogP contribution is 2.28. The van der Waals surface area contributed by atoms with Crippen LogP contribution in [0.2, 0.25) is 0 Å². The first-order valence-electron chi connectivity index (χ1n) is 11.6. The first kappa shape index (κ1) is 24.8. The average molecular weight is 488 g/mol. The molecule has 186 valence electrons. The first-order valence-corrected chi connectivity index (χ1v) is 11.6. The molecule has 8 nitrogen and oxygen atoms in total. The van der Waals surface area contributed by atoms with Gasteiger partial charge in [0.2, 0.25) is 5.91 Å². The number of hydrogen-bond donors (Lipinski definition) is 2. The van der Waals surface area contributed by atoms with Gasteiger partial charge in [-0.2, -0.15) is 0 Å². The summed E-state index contributed by atoms with van der Waals surface area (Å²) in [6.07, 6.45) is 3.11. The number of benzene rings is 2. The number of rotatable bonds is 7. The van der Waals surface area contributed by atoms with Crippen LogP contribution in [0.1, 0.15) is 26.3 Å². The number of carbonyl (C=O) groups excluding carboxylic acids is 2. The van der Waals surface area contributed by atoms with Crippen molar-refractivity contribution in [1.29, 1.82) is 0 Å². The Hall–Kier alpha value is -4.33. The summed E-state index contributed by atoms with van der Waals surface area (Å²) < 4.78 is 16.5. The van der Waals surface area contributed by atoms with E-state index in [1.54, 1.807) is 64.5 Å². The number of nitrogens with one attached hydrogen (secondary N) is 2. The number of anilines is 1. The molecule has 4 rings (SSSR count). The number of ether oxygens (including phenoxy) is 2. The predicted octanol–water partition coefficient (Wildman–Crippen LogP) is 5.58. The molecule has 2 N–H and O–H groups in total. The van der Waals surface area contributed by atoms with Crippen LogP contribution in [0.15, 0.2) is 77.5 Å². The van der Waals surface area contributed by atoms with Crippen molar-refractivity contribution in [3.63, 3.8) is 0 Å². The number of hydrogen-bond acceptors (Lipinski definition) is 6. The van der Waals surface area contributed by atoms with Crippen molar-refractivity contribution in [3.05, 3.63) is 78.6 Å². The van der Waals surface area contributed by atoms with Crippen LogP contribution in [0.5, 0.6) is 5.75 Å². The lowest BCUT2D eigenvalue weighted by Crippen LogP contribution is -2.47. The topological polar surface area (TPSA) is 103 Å². The van der Waals surface area contributed by atoms with E-state index in [4.69, 9.17) is 13.9 Å². The fourth-order valence-electron chi connectivity index (χ4n) is 3.66. The molecule has 1 atom stereocenters. The summed E-state index contributed by atoms with van der Waals surface area (Å²) in [5.41, 5.74) is 1.02. The summed E-state index contributed by atoms with van der Waals surface area (Å²) in [7, 11) is 1.59. The van der Waals surface area contributed by atoms with Gasteiger partial charge in [-0.05, 0) is 62.1 Å². The van der Waals surface area contributed by atoms with Crippen LogP contribution in [-0.4, -0.2) is 35.7 Å². The molecule has 0 bridgehead atoms. The van der Waals surface area contributed by atoms with E-state index in [1.165, 1.54) is 0 Å². The molecule has 0 saturated carbocycles. The number of amides is 2. The third-order valence-electron chi connectivity index (χ3n) is 5.38. The fraction of sp³-hybridized carbons (Fsp3) is 0.250. The average Bonchev–Trinajstić information content (AvgIpc) is 3.31. The third-order valence-corrected chi connectivity index (χ3v) is 5.38. The van der Waals surface area contributed by atoms with Gasteiger partial charge in [0.15, 0.2) is 5.88 Å². The van der Waals surface area contributed by atoms with Crippen LogP contribution < -0.4 is 15.4 Å². The number of nitrogens with zero attached hydrogens (tertiary/aromatic N) is 1. The maximum atomic E-state index is 13.2. The number of pyridine rings is 1. The lowest BCUT2D eigenvalue weighted by molar-refractivity contribution is -0.118. The summed E-state index contributed by atoms with van der Waals surface area (Å²) in [5.74, 6) is 1.15. The molecule has 0 fully saturated rings. The molecule has 36 heavy (non-hydrogen) atoms. The van der Waals surface area contributed by atoms with E-state index in [2.05, 4.69) is 15.6 Å². The van der Waals surface area contributed by atoms with Gasteiger partial charge in [-0.15, -0.1) is 0 Å². The molecule has 0 aliphatic rings. The standard InChI is InChI=1S/C28H29N3O5/c1-28(2,3)36-27(33)30-23(15-18-5-9-22(34-4)10-6-18)26(32)31-25-12-11-24(35-25)20-7-8-21-17-29-14-13-19(21)16-20/h5-14,16-17,23H,15H2,1-4H3,(H,30,33)(H,31,32)/t23-/m0/s1. The van der Waals surface area contributed by atoms with Crippen LogP contribution in [0.3, 0.4) is 0 Å². The Bertz CT molecular complexity index is 1360. The second kappa shape index (κ2) is 10.5. The minimum absolute atomic E-state index is 0.251. The molecule has 0 aliphatic heterocycles. The summed E-state index contributed by atoms with van der Waals surface area (Å²) in [4.78, 5) is 29.8. The number of fused-ring (bicyclic) bond motifs is 1. The molecule has 0 unspecified atom stereocenters. The van der Waals surface area contributed by atoms with Crippen molar-refractivity contribution in [2.45, 2.75) is 38.8 Å². The molecule has 8 heteroatoms. The molecular formula is C28H29N3O5. The molecule has 2 aromatic carbocycles. The van der Waals surface area contributed by atoms with E-state index in [9.17, 15) is 9.59 Å². The van der Waals surface area contributed by atoms with Gasteiger partial charge in [0.25, 0.3) is 0 Å². The van der Waals surface area contributed by atoms with Crippen molar-refractivity contribution >= 4 is 28.7 Å². The Morgan fingerprint density at radius 1 is 1.00 bits per heavy atom. The Kier molecular flexibility index (Phi) is 7.24. The van der Waals surface area contributed by atoms with Gasteiger partial charge in [-0.3, -0.25) is 15.1 Å². The molecule has 2 heterocycles. The van der Waals surface area contributed by atoms with E-state index in [-0.39, 0.29) is 12.3 Å².